The van der Waals surface area contributed by atoms with Gasteiger partial charge in [-0.05, 0) is 30.0 Å². The molecule has 2 rings (SSSR count). The lowest BCUT2D eigenvalue weighted by Crippen LogP contribution is -2.13. The van der Waals surface area contributed by atoms with Gasteiger partial charge in [-0.25, -0.2) is 0 Å². The zero-order chi connectivity index (χ0) is 12.6. The third kappa shape index (κ3) is 4.43. The summed E-state index contributed by atoms with van der Waals surface area (Å²) < 4.78 is 5.73. The predicted molar refractivity (Wildman–Crippen MR) is 75.4 cm³/mol. The smallest absolute Gasteiger partial charge is 0.0716 e. The number of hydrogen-bond donors (Lipinski definition) is 1. The first kappa shape index (κ1) is 13.6. The molecule has 1 aromatic carbocycles. The van der Waals surface area contributed by atoms with E-state index in [2.05, 4.69) is 36.5 Å². The minimum atomic E-state index is 0.758. The van der Waals surface area contributed by atoms with Crippen LogP contribution in [0.1, 0.15) is 43.7 Å². The molecule has 100 valence electrons. The Morgan fingerprint density at radius 2 is 1.89 bits per heavy atom. The molecule has 0 aromatic heterocycles. The number of benzene rings is 1. The van der Waals surface area contributed by atoms with Crippen LogP contribution in [0.15, 0.2) is 24.3 Å². The Labute approximate surface area is 111 Å². The fourth-order valence-corrected chi connectivity index (χ4v) is 2.24. The maximum atomic E-state index is 5.73. The van der Waals surface area contributed by atoms with Crippen molar-refractivity contribution in [2.75, 3.05) is 13.2 Å². The zero-order valence-electron chi connectivity index (χ0n) is 11.5. The molecule has 18 heavy (non-hydrogen) atoms. The van der Waals surface area contributed by atoms with Gasteiger partial charge in [0.2, 0.25) is 0 Å². The van der Waals surface area contributed by atoms with Crippen LogP contribution in [0.4, 0.5) is 0 Å². The average molecular weight is 247 g/mol. The standard InChI is InChI=1S/C16H25NO/c1-2-17-12-15-6-8-16(9-7-15)13-18-11-10-14-4-3-5-14/h6-9,14,17H,2-5,10-13H2,1H3. The fraction of sp³-hybridized carbons (Fsp3) is 0.625. The number of hydrogen-bond acceptors (Lipinski definition) is 2. The lowest BCUT2D eigenvalue weighted by Gasteiger charge is -2.24. The Morgan fingerprint density at radius 1 is 1.17 bits per heavy atom. The van der Waals surface area contributed by atoms with Crippen molar-refractivity contribution in [3.8, 4) is 0 Å². The fourth-order valence-electron chi connectivity index (χ4n) is 2.24. The van der Waals surface area contributed by atoms with E-state index in [1.165, 1.54) is 36.8 Å². The third-order valence-corrected chi connectivity index (χ3v) is 3.77. The minimum Gasteiger partial charge on any atom is -0.377 e. The van der Waals surface area contributed by atoms with Crippen LogP contribution in [0.25, 0.3) is 0 Å². The molecular weight excluding hydrogens is 222 g/mol. The van der Waals surface area contributed by atoms with Crippen LogP contribution in [0.2, 0.25) is 0 Å². The molecule has 0 saturated heterocycles. The van der Waals surface area contributed by atoms with E-state index in [1.807, 2.05) is 0 Å². The highest BCUT2D eigenvalue weighted by atomic mass is 16.5. The van der Waals surface area contributed by atoms with Crippen molar-refractivity contribution in [2.45, 2.75) is 45.8 Å². The van der Waals surface area contributed by atoms with Crippen LogP contribution in [0, 0.1) is 5.92 Å². The van der Waals surface area contributed by atoms with Crippen LogP contribution in [-0.2, 0) is 17.9 Å². The van der Waals surface area contributed by atoms with Gasteiger partial charge in [-0.15, -0.1) is 0 Å². The number of ether oxygens (including phenoxy) is 1. The molecule has 2 heteroatoms. The Balaban J connectivity index is 1.62. The largest absolute Gasteiger partial charge is 0.377 e. The summed E-state index contributed by atoms with van der Waals surface area (Å²) in [6.45, 7) is 5.79. The molecule has 1 aliphatic carbocycles. The molecule has 1 aliphatic rings. The van der Waals surface area contributed by atoms with Crippen LogP contribution in [0.3, 0.4) is 0 Å². The predicted octanol–water partition coefficient (Wildman–Crippen LogP) is 3.50. The quantitative estimate of drug-likeness (QED) is 0.710. The topological polar surface area (TPSA) is 21.3 Å². The van der Waals surface area contributed by atoms with Crippen molar-refractivity contribution < 1.29 is 4.74 Å². The lowest BCUT2D eigenvalue weighted by molar-refractivity contribution is 0.0950. The van der Waals surface area contributed by atoms with Crippen molar-refractivity contribution in [1.82, 2.24) is 5.32 Å². The molecule has 1 fully saturated rings. The van der Waals surface area contributed by atoms with E-state index in [4.69, 9.17) is 4.74 Å². The summed E-state index contributed by atoms with van der Waals surface area (Å²) in [5.41, 5.74) is 2.62. The first-order valence-electron chi connectivity index (χ1n) is 7.24. The third-order valence-electron chi connectivity index (χ3n) is 3.77. The minimum absolute atomic E-state index is 0.758. The van der Waals surface area contributed by atoms with Gasteiger partial charge in [0.25, 0.3) is 0 Å². The molecule has 2 nitrogen and oxygen atoms in total. The zero-order valence-corrected chi connectivity index (χ0v) is 11.5. The summed E-state index contributed by atoms with van der Waals surface area (Å²) in [4.78, 5) is 0. The van der Waals surface area contributed by atoms with Gasteiger partial charge in [-0.2, -0.15) is 0 Å². The Hall–Kier alpha value is -0.860. The monoisotopic (exact) mass is 247 g/mol. The van der Waals surface area contributed by atoms with Crippen LogP contribution >= 0.6 is 0 Å². The van der Waals surface area contributed by atoms with E-state index in [9.17, 15) is 0 Å². The Morgan fingerprint density at radius 3 is 2.50 bits per heavy atom. The van der Waals surface area contributed by atoms with Gasteiger partial charge in [-0.1, -0.05) is 50.5 Å². The molecule has 0 heterocycles. The van der Waals surface area contributed by atoms with Gasteiger partial charge >= 0.3 is 0 Å². The number of nitrogens with one attached hydrogen (secondary N) is 1. The average Bonchev–Trinajstić information content (AvgIpc) is 2.35. The van der Waals surface area contributed by atoms with Crippen molar-refractivity contribution in [3.05, 3.63) is 35.4 Å². The van der Waals surface area contributed by atoms with Gasteiger partial charge in [0.1, 0.15) is 0 Å². The lowest BCUT2D eigenvalue weighted by atomic mass is 9.83. The van der Waals surface area contributed by atoms with Crippen LogP contribution in [0.5, 0.6) is 0 Å². The summed E-state index contributed by atoms with van der Waals surface area (Å²) >= 11 is 0. The van der Waals surface area contributed by atoms with E-state index >= 15 is 0 Å². The molecule has 0 amide bonds. The highest BCUT2D eigenvalue weighted by Crippen LogP contribution is 2.29. The summed E-state index contributed by atoms with van der Waals surface area (Å²) in [5.74, 6) is 0.951. The molecule has 0 radical (unpaired) electrons. The molecule has 1 saturated carbocycles. The van der Waals surface area contributed by atoms with Crippen molar-refractivity contribution in [3.63, 3.8) is 0 Å². The molecule has 0 spiro atoms. The molecule has 0 atom stereocenters. The second-order valence-corrected chi connectivity index (χ2v) is 5.24. The molecule has 0 unspecified atom stereocenters. The highest BCUT2D eigenvalue weighted by Gasteiger charge is 2.16. The van der Waals surface area contributed by atoms with Crippen molar-refractivity contribution >= 4 is 0 Å². The van der Waals surface area contributed by atoms with Gasteiger partial charge in [0, 0.05) is 13.2 Å². The van der Waals surface area contributed by atoms with E-state index in [0.29, 0.717) is 0 Å². The van der Waals surface area contributed by atoms with Gasteiger partial charge in [0.15, 0.2) is 0 Å². The first-order chi connectivity index (χ1) is 8.88. The van der Waals surface area contributed by atoms with Crippen molar-refractivity contribution in [1.29, 1.82) is 0 Å². The molecule has 1 aromatic rings. The van der Waals surface area contributed by atoms with E-state index in [-0.39, 0.29) is 0 Å². The molecule has 0 bridgehead atoms. The maximum absolute atomic E-state index is 5.73. The Bertz CT molecular complexity index is 329. The van der Waals surface area contributed by atoms with E-state index in [0.717, 1.165) is 32.2 Å². The Kier molecular flexibility index (Phi) is 5.69. The van der Waals surface area contributed by atoms with E-state index < -0.39 is 0 Å². The van der Waals surface area contributed by atoms with Gasteiger partial charge < -0.3 is 10.1 Å². The van der Waals surface area contributed by atoms with Gasteiger partial charge in [0.05, 0.1) is 6.61 Å². The van der Waals surface area contributed by atoms with Crippen molar-refractivity contribution in [2.24, 2.45) is 5.92 Å². The number of rotatable bonds is 8. The van der Waals surface area contributed by atoms with Crippen LogP contribution in [-0.4, -0.2) is 13.2 Å². The van der Waals surface area contributed by atoms with Gasteiger partial charge in [-0.3, -0.25) is 0 Å². The second kappa shape index (κ2) is 7.55. The summed E-state index contributed by atoms with van der Waals surface area (Å²) in [6, 6.07) is 8.73. The van der Waals surface area contributed by atoms with E-state index in [1.54, 1.807) is 0 Å². The molecule has 1 N–H and O–H groups in total. The summed E-state index contributed by atoms with van der Waals surface area (Å²) in [7, 11) is 0. The summed E-state index contributed by atoms with van der Waals surface area (Å²) in [6.07, 6.45) is 5.52. The normalized spacial score (nSPS) is 15.6. The molecular formula is C16H25NO. The second-order valence-electron chi connectivity index (χ2n) is 5.24. The van der Waals surface area contributed by atoms with Crippen LogP contribution < -0.4 is 5.32 Å². The SMILES string of the molecule is CCNCc1ccc(COCCC2CCC2)cc1. The molecule has 0 aliphatic heterocycles. The maximum Gasteiger partial charge on any atom is 0.0716 e. The summed E-state index contributed by atoms with van der Waals surface area (Å²) in [5, 5.41) is 3.33. The highest BCUT2D eigenvalue weighted by molar-refractivity contribution is 5.21. The first-order valence-corrected chi connectivity index (χ1v) is 7.24.